The summed E-state index contributed by atoms with van der Waals surface area (Å²) in [6, 6.07) is 23.2. The minimum Gasteiger partial charge on any atom is -0.493 e. The summed E-state index contributed by atoms with van der Waals surface area (Å²) in [4.78, 5) is 16.7. The normalized spacial score (nSPS) is 17.8. The second-order valence-corrected chi connectivity index (χ2v) is 8.85. The lowest BCUT2D eigenvalue weighted by Crippen LogP contribution is -2.28. The first-order valence-corrected chi connectivity index (χ1v) is 12.1. The average molecular weight is 489 g/mol. The van der Waals surface area contributed by atoms with Gasteiger partial charge in [-0.25, -0.2) is 4.39 Å². The predicted molar refractivity (Wildman–Crippen MR) is 137 cm³/mol. The Bertz CT molecular complexity index is 1230. The highest BCUT2D eigenvalue weighted by Crippen LogP contribution is 2.34. The fraction of sp³-hybridized carbons (Fsp3) is 0.276. The zero-order chi connectivity index (χ0) is 24.9. The number of halogens is 1. The standard InChI is InChI=1S/C29H29FN2O4/c1-34-28-19-24(9-12-26(28)35-18-17-31-15-13-23(30)20-31)32-16-14-27(29(32)33)36-25-10-7-22(8-11-25)21-5-3-2-4-6-21/h2-12,14,19,23H,13,15-18,20H2,1H3/t23-/m1/s1. The minimum atomic E-state index is -0.743. The zero-order valence-corrected chi connectivity index (χ0v) is 20.2. The van der Waals surface area contributed by atoms with Crippen LogP contribution in [0.3, 0.4) is 0 Å². The molecule has 1 fully saturated rings. The van der Waals surface area contributed by atoms with Gasteiger partial charge in [-0.3, -0.25) is 9.69 Å². The number of alkyl halides is 1. The lowest BCUT2D eigenvalue weighted by Gasteiger charge is -2.20. The molecule has 1 atom stereocenters. The molecule has 1 amide bonds. The molecule has 2 aliphatic rings. The van der Waals surface area contributed by atoms with Crippen LogP contribution in [0.4, 0.5) is 10.1 Å². The summed E-state index contributed by atoms with van der Waals surface area (Å²) in [6.07, 6.45) is 1.62. The Morgan fingerprint density at radius 3 is 2.47 bits per heavy atom. The Hall–Kier alpha value is -3.84. The summed E-state index contributed by atoms with van der Waals surface area (Å²) in [5.41, 5.74) is 2.90. The molecule has 36 heavy (non-hydrogen) atoms. The highest BCUT2D eigenvalue weighted by atomic mass is 19.1. The molecule has 0 bridgehead atoms. The molecule has 0 radical (unpaired) electrons. The molecule has 7 heteroatoms. The molecule has 2 aliphatic heterocycles. The number of carbonyl (C=O) groups is 1. The Morgan fingerprint density at radius 1 is 0.972 bits per heavy atom. The van der Waals surface area contributed by atoms with Gasteiger partial charge in [0.15, 0.2) is 17.3 Å². The minimum absolute atomic E-state index is 0.215. The number of hydrogen-bond donors (Lipinski definition) is 0. The number of hydrogen-bond acceptors (Lipinski definition) is 5. The monoisotopic (exact) mass is 488 g/mol. The van der Waals surface area contributed by atoms with Crippen LogP contribution in [0.25, 0.3) is 11.1 Å². The fourth-order valence-electron chi connectivity index (χ4n) is 4.48. The quantitative estimate of drug-likeness (QED) is 0.420. The highest BCUT2D eigenvalue weighted by Gasteiger charge is 2.28. The summed E-state index contributed by atoms with van der Waals surface area (Å²) in [7, 11) is 1.57. The molecule has 0 saturated carbocycles. The van der Waals surface area contributed by atoms with Crippen molar-refractivity contribution in [2.24, 2.45) is 0 Å². The Morgan fingerprint density at radius 2 is 1.75 bits per heavy atom. The van der Waals surface area contributed by atoms with E-state index in [4.69, 9.17) is 14.2 Å². The SMILES string of the molecule is COc1cc(N2CC=C(Oc3ccc(-c4ccccc4)cc3)C2=O)ccc1OCCN1CC[C@@H](F)C1. The van der Waals surface area contributed by atoms with Crippen LogP contribution in [0.2, 0.25) is 0 Å². The smallest absolute Gasteiger partial charge is 0.294 e. The van der Waals surface area contributed by atoms with Crippen LogP contribution in [-0.2, 0) is 4.79 Å². The van der Waals surface area contributed by atoms with E-state index in [1.807, 2.05) is 48.5 Å². The van der Waals surface area contributed by atoms with E-state index in [0.29, 0.717) is 61.4 Å². The van der Waals surface area contributed by atoms with E-state index in [0.717, 1.165) is 17.7 Å². The van der Waals surface area contributed by atoms with Crippen LogP contribution in [0, 0.1) is 0 Å². The van der Waals surface area contributed by atoms with Gasteiger partial charge in [-0.05, 0) is 47.9 Å². The molecule has 6 nitrogen and oxygen atoms in total. The number of amides is 1. The molecular weight excluding hydrogens is 459 g/mol. The van der Waals surface area contributed by atoms with Crippen molar-refractivity contribution in [3.8, 4) is 28.4 Å². The van der Waals surface area contributed by atoms with E-state index in [2.05, 4.69) is 17.0 Å². The number of anilines is 1. The molecule has 0 aromatic heterocycles. The predicted octanol–water partition coefficient (Wildman–Crippen LogP) is 5.09. The van der Waals surface area contributed by atoms with Crippen molar-refractivity contribution in [2.75, 3.05) is 44.8 Å². The Kier molecular flexibility index (Phi) is 7.18. The first kappa shape index (κ1) is 23.9. The summed E-state index contributed by atoms with van der Waals surface area (Å²) >= 11 is 0. The average Bonchev–Trinajstić information content (AvgIpc) is 3.50. The third-order valence-electron chi connectivity index (χ3n) is 6.44. The first-order chi connectivity index (χ1) is 17.6. The molecular formula is C29H29FN2O4. The summed E-state index contributed by atoms with van der Waals surface area (Å²) < 4.78 is 30.6. The lowest BCUT2D eigenvalue weighted by molar-refractivity contribution is -0.116. The van der Waals surface area contributed by atoms with E-state index >= 15 is 0 Å². The van der Waals surface area contributed by atoms with Gasteiger partial charge in [-0.1, -0.05) is 42.5 Å². The third kappa shape index (κ3) is 5.36. The van der Waals surface area contributed by atoms with Gasteiger partial charge in [-0.2, -0.15) is 0 Å². The molecule has 1 saturated heterocycles. The van der Waals surface area contributed by atoms with Crippen molar-refractivity contribution >= 4 is 11.6 Å². The van der Waals surface area contributed by atoms with Crippen LogP contribution in [0.1, 0.15) is 6.42 Å². The molecule has 3 aromatic rings. The summed E-state index contributed by atoms with van der Waals surface area (Å²) in [5.74, 6) is 1.81. The maximum Gasteiger partial charge on any atom is 0.294 e. The molecule has 0 unspecified atom stereocenters. The molecule has 186 valence electrons. The molecule has 0 aliphatic carbocycles. The molecule has 2 heterocycles. The van der Waals surface area contributed by atoms with E-state index < -0.39 is 6.17 Å². The third-order valence-corrected chi connectivity index (χ3v) is 6.44. The van der Waals surface area contributed by atoms with Crippen LogP contribution in [0.15, 0.2) is 84.6 Å². The number of nitrogens with zero attached hydrogens (tertiary/aromatic N) is 2. The van der Waals surface area contributed by atoms with E-state index in [-0.39, 0.29) is 5.91 Å². The summed E-state index contributed by atoms with van der Waals surface area (Å²) in [5, 5.41) is 0. The van der Waals surface area contributed by atoms with Gasteiger partial charge in [0.2, 0.25) is 0 Å². The van der Waals surface area contributed by atoms with Crippen LogP contribution >= 0.6 is 0 Å². The second kappa shape index (κ2) is 10.8. The van der Waals surface area contributed by atoms with Crippen molar-refractivity contribution in [3.05, 3.63) is 84.6 Å². The van der Waals surface area contributed by atoms with E-state index in [1.54, 1.807) is 30.2 Å². The maximum absolute atomic E-state index is 13.3. The number of likely N-dealkylation sites (tertiary alicyclic amines) is 1. The van der Waals surface area contributed by atoms with E-state index in [9.17, 15) is 9.18 Å². The molecule has 3 aromatic carbocycles. The van der Waals surface area contributed by atoms with Gasteiger partial charge >= 0.3 is 0 Å². The van der Waals surface area contributed by atoms with Crippen LogP contribution in [0.5, 0.6) is 17.2 Å². The van der Waals surface area contributed by atoms with Crippen molar-refractivity contribution in [3.63, 3.8) is 0 Å². The van der Waals surface area contributed by atoms with Crippen molar-refractivity contribution in [1.82, 2.24) is 4.90 Å². The van der Waals surface area contributed by atoms with Crippen LogP contribution < -0.4 is 19.1 Å². The van der Waals surface area contributed by atoms with Crippen molar-refractivity contribution < 1.29 is 23.4 Å². The van der Waals surface area contributed by atoms with Gasteiger partial charge in [0.1, 0.15) is 18.5 Å². The van der Waals surface area contributed by atoms with Crippen molar-refractivity contribution in [2.45, 2.75) is 12.6 Å². The van der Waals surface area contributed by atoms with Gasteiger partial charge < -0.3 is 19.1 Å². The Balaban J connectivity index is 1.19. The fourth-order valence-corrected chi connectivity index (χ4v) is 4.48. The number of carbonyl (C=O) groups excluding carboxylic acids is 1. The highest BCUT2D eigenvalue weighted by molar-refractivity contribution is 6.07. The first-order valence-electron chi connectivity index (χ1n) is 12.1. The lowest BCUT2D eigenvalue weighted by atomic mass is 10.1. The number of benzene rings is 3. The van der Waals surface area contributed by atoms with E-state index in [1.165, 1.54) is 0 Å². The van der Waals surface area contributed by atoms with Gasteiger partial charge in [0.25, 0.3) is 5.91 Å². The van der Waals surface area contributed by atoms with Crippen LogP contribution in [-0.4, -0.2) is 56.9 Å². The van der Waals surface area contributed by atoms with Gasteiger partial charge in [0.05, 0.1) is 7.11 Å². The summed E-state index contributed by atoms with van der Waals surface area (Å²) in [6.45, 7) is 2.72. The zero-order valence-electron chi connectivity index (χ0n) is 20.2. The maximum atomic E-state index is 13.3. The second-order valence-electron chi connectivity index (χ2n) is 8.85. The van der Waals surface area contributed by atoms with Gasteiger partial charge in [-0.15, -0.1) is 0 Å². The number of methoxy groups -OCH3 is 1. The molecule has 0 spiro atoms. The number of rotatable bonds is 9. The van der Waals surface area contributed by atoms with Gasteiger partial charge in [0, 0.05) is 37.9 Å². The topological polar surface area (TPSA) is 51.2 Å². The number of ether oxygens (including phenoxy) is 3. The Labute approximate surface area is 210 Å². The van der Waals surface area contributed by atoms with Crippen molar-refractivity contribution in [1.29, 1.82) is 0 Å². The molecule has 0 N–H and O–H groups in total. The molecule has 5 rings (SSSR count). The largest absolute Gasteiger partial charge is 0.493 e.